The van der Waals surface area contributed by atoms with E-state index < -0.39 is 0 Å². The molecule has 0 aliphatic carbocycles. The van der Waals surface area contributed by atoms with Crippen LogP contribution in [0.4, 0.5) is 0 Å². The number of hydrogen-bond donors (Lipinski definition) is 1. The minimum absolute atomic E-state index is 0.0382. The smallest absolute Gasteiger partial charge is 0.261 e. The third kappa shape index (κ3) is 4.38. The first-order chi connectivity index (χ1) is 12.5. The van der Waals surface area contributed by atoms with Crippen molar-refractivity contribution in [2.75, 3.05) is 13.1 Å². The van der Waals surface area contributed by atoms with Crippen LogP contribution in [0.25, 0.3) is 0 Å². The lowest BCUT2D eigenvalue weighted by molar-refractivity contribution is -0.00790. The van der Waals surface area contributed by atoms with Crippen molar-refractivity contribution < 1.29 is 9.53 Å². The Bertz CT molecular complexity index is 801. The number of likely N-dealkylation sites (tertiary alicyclic amines) is 1. The zero-order chi connectivity index (χ0) is 18.5. The summed E-state index contributed by atoms with van der Waals surface area (Å²) in [6, 6.07) is 9.16. The zero-order valence-electron chi connectivity index (χ0n) is 15.3. The Morgan fingerprint density at radius 3 is 2.88 bits per heavy atom. The van der Waals surface area contributed by atoms with Crippen LogP contribution in [0, 0.1) is 0 Å². The number of ether oxygens (including phenoxy) is 1. The molecular weight excluding hydrogens is 330 g/mol. The first-order valence-corrected chi connectivity index (χ1v) is 9.08. The first-order valence-electron chi connectivity index (χ1n) is 9.08. The number of nitrogens with one attached hydrogen (secondary N) is 1. The number of piperidine rings is 1. The van der Waals surface area contributed by atoms with Gasteiger partial charge in [-0.1, -0.05) is 19.9 Å². The quantitative estimate of drug-likeness (QED) is 0.895. The van der Waals surface area contributed by atoms with Crippen molar-refractivity contribution in [3.05, 3.63) is 63.8 Å². The molecular formula is C20H25N3O3. The van der Waals surface area contributed by atoms with Gasteiger partial charge in [-0.3, -0.25) is 14.6 Å². The number of amides is 1. The van der Waals surface area contributed by atoms with Crippen molar-refractivity contribution in [2.24, 2.45) is 0 Å². The molecule has 138 valence electrons. The Labute approximate surface area is 153 Å². The molecule has 6 nitrogen and oxygen atoms in total. The van der Waals surface area contributed by atoms with Gasteiger partial charge in [-0.25, -0.2) is 0 Å². The van der Waals surface area contributed by atoms with Crippen LogP contribution in [0.3, 0.4) is 0 Å². The topological polar surface area (TPSA) is 75.3 Å². The van der Waals surface area contributed by atoms with E-state index in [0.29, 0.717) is 19.7 Å². The van der Waals surface area contributed by atoms with Gasteiger partial charge in [0.25, 0.3) is 11.5 Å². The molecule has 26 heavy (non-hydrogen) atoms. The van der Waals surface area contributed by atoms with Gasteiger partial charge in [-0.2, -0.15) is 0 Å². The third-order valence-electron chi connectivity index (χ3n) is 4.64. The maximum absolute atomic E-state index is 12.8. The minimum atomic E-state index is -0.322. The molecule has 2 aromatic rings. The highest BCUT2D eigenvalue weighted by molar-refractivity contribution is 5.93. The minimum Gasteiger partial charge on any atom is -0.370 e. The van der Waals surface area contributed by atoms with Crippen LogP contribution in [0.15, 0.2) is 41.3 Å². The van der Waals surface area contributed by atoms with Crippen molar-refractivity contribution in [3.8, 4) is 0 Å². The summed E-state index contributed by atoms with van der Waals surface area (Å²) in [6.07, 6.45) is 3.46. The number of H-pyrrole nitrogens is 1. The van der Waals surface area contributed by atoms with Gasteiger partial charge < -0.3 is 14.6 Å². The Hall–Kier alpha value is -2.47. The molecule has 0 bridgehead atoms. The number of pyridine rings is 2. The van der Waals surface area contributed by atoms with Crippen LogP contribution in [-0.4, -0.2) is 40.0 Å². The molecule has 0 aromatic carbocycles. The highest BCUT2D eigenvalue weighted by Crippen LogP contribution is 2.17. The highest BCUT2D eigenvalue weighted by atomic mass is 16.5. The molecule has 1 atom stereocenters. The molecule has 0 saturated carbocycles. The first kappa shape index (κ1) is 18.3. The van der Waals surface area contributed by atoms with Crippen LogP contribution in [0.5, 0.6) is 0 Å². The normalized spacial score (nSPS) is 17.5. The summed E-state index contributed by atoms with van der Waals surface area (Å²) in [5.74, 6) is -0.0149. The Kier molecular flexibility index (Phi) is 5.83. The number of carbonyl (C=O) groups is 1. The fourth-order valence-corrected chi connectivity index (χ4v) is 3.11. The van der Waals surface area contributed by atoms with Crippen LogP contribution in [0.2, 0.25) is 0 Å². The predicted octanol–water partition coefficient (Wildman–Crippen LogP) is 2.71. The summed E-state index contributed by atoms with van der Waals surface area (Å²) in [5, 5.41) is 0. The molecule has 0 spiro atoms. The molecule has 1 saturated heterocycles. The highest BCUT2D eigenvalue weighted by Gasteiger charge is 2.26. The van der Waals surface area contributed by atoms with E-state index in [0.717, 1.165) is 24.2 Å². The van der Waals surface area contributed by atoms with Gasteiger partial charge >= 0.3 is 0 Å². The Morgan fingerprint density at radius 1 is 1.35 bits per heavy atom. The summed E-state index contributed by atoms with van der Waals surface area (Å²) < 4.78 is 5.92. The van der Waals surface area contributed by atoms with E-state index >= 15 is 0 Å². The van der Waals surface area contributed by atoms with Gasteiger partial charge in [0, 0.05) is 25.0 Å². The van der Waals surface area contributed by atoms with Crippen LogP contribution in [0.1, 0.15) is 54.4 Å². The molecule has 3 rings (SSSR count). The van der Waals surface area contributed by atoms with E-state index in [1.807, 2.05) is 38.1 Å². The van der Waals surface area contributed by atoms with Crippen LogP contribution in [-0.2, 0) is 11.3 Å². The van der Waals surface area contributed by atoms with Gasteiger partial charge in [0.05, 0.1) is 18.4 Å². The lowest BCUT2D eigenvalue weighted by atomic mass is 10.1. The summed E-state index contributed by atoms with van der Waals surface area (Å²) in [4.78, 5) is 33.8. The largest absolute Gasteiger partial charge is 0.370 e. The summed E-state index contributed by atoms with van der Waals surface area (Å²) in [5.41, 5.74) is 1.58. The van der Waals surface area contributed by atoms with E-state index in [-0.39, 0.29) is 29.1 Å². The summed E-state index contributed by atoms with van der Waals surface area (Å²) >= 11 is 0. The second kappa shape index (κ2) is 8.27. The SMILES string of the molecule is CC(C)c1ccc(C(=O)N2CCC[C@@H](OCc3ccccn3)C2)c(=O)[nH]1. The standard InChI is InChI=1S/C20H25N3O3/c1-14(2)18-9-8-17(19(24)22-18)20(25)23-11-5-7-16(12-23)26-13-15-6-3-4-10-21-15/h3-4,6,8-10,14,16H,5,7,11-13H2,1-2H3,(H,22,24)/t16-/m1/s1. The van der Waals surface area contributed by atoms with E-state index in [9.17, 15) is 9.59 Å². The lowest BCUT2D eigenvalue weighted by Gasteiger charge is -2.32. The van der Waals surface area contributed by atoms with Crippen molar-refractivity contribution in [3.63, 3.8) is 0 Å². The van der Waals surface area contributed by atoms with Gasteiger partial charge in [-0.05, 0) is 43.0 Å². The maximum atomic E-state index is 12.8. The third-order valence-corrected chi connectivity index (χ3v) is 4.64. The van der Waals surface area contributed by atoms with Crippen molar-refractivity contribution in [1.82, 2.24) is 14.9 Å². The van der Waals surface area contributed by atoms with E-state index in [2.05, 4.69) is 9.97 Å². The summed E-state index contributed by atoms with van der Waals surface area (Å²) in [6.45, 7) is 5.57. The molecule has 1 amide bonds. The van der Waals surface area contributed by atoms with E-state index in [1.165, 1.54) is 0 Å². The van der Waals surface area contributed by atoms with Gasteiger partial charge in [0.15, 0.2) is 0 Å². The zero-order valence-corrected chi connectivity index (χ0v) is 15.3. The van der Waals surface area contributed by atoms with Crippen molar-refractivity contribution in [1.29, 1.82) is 0 Å². The lowest BCUT2D eigenvalue weighted by Crippen LogP contribution is -2.44. The Morgan fingerprint density at radius 2 is 2.19 bits per heavy atom. The molecule has 1 N–H and O–H groups in total. The summed E-state index contributed by atoms with van der Waals surface area (Å²) in [7, 11) is 0. The number of nitrogens with zero attached hydrogens (tertiary/aromatic N) is 2. The average Bonchev–Trinajstić information content (AvgIpc) is 2.67. The number of rotatable bonds is 5. The molecule has 1 aliphatic rings. The number of carbonyl (C=O) groups excluding carboxylic acids is 1. The van der Waals surface area contributed by atoms with Crippen molar-refractivity contribution >= 4 is 5.91 Å². The Balaban J connectivity index is 1.63. The monoisotopic (exact) mass is 355 g/mol. The second-order valence-electron chi connectivity index (χ2n) is 6.96. The fourth-order valence-electron chi connectivity index (χ4n) is 3.11. The number of hydrogen-bond acceptors (Lipinski definition) is 4. The number of aromatic amines is 1. The molecule has 6 heteroatoms. The van der Waals surface area contributed by atoms with E-state index in [4.69, 9.17) is 4.74 Å². The molecule has 0 unspecified atom stereocenters. The van der Waals surface area contributed by atoms with Gasteiger partial charge in [-0.15, -0.1) is 0 Å². The van der Waals surface area contributed by atoms with Gasteiger partial charge in [0.2, 0.25) is 0 Å². The maximum Gasteiger partial charge on any atom is 0.261 e. The van der Waals surface area contributed by atoms with Gasteiger partial charge in [0.1, 0.15) is 5.56 Å². The molecule has 1 fully saturated rings. The van der Waals surface area contributed by atoms with E-state index in [1.54, 1.807) is 17.2 Å². The molecule has 2 aromatic heterocycles. The van der Waals surface area contributed by atoms with Crippen molar-refractivity contribution in [2.45, 2.75) is 45.3 Å². The molecule has 3 heterocycles. The second-order valence-corrected chi connectivity index (χ2v) is 6.96. The molecule has 0 radical (unpaired) electrons. The average molecular weight is 355 g/mol. The molecule has 1 aliphatic heterocycles. The fraction of sp³-hybridized carbons (Fsp3) is 0.450. The van der Waals surface area contributed by atoms with Crippen LogP contribution >= 0.6 is 0 Å². The predicted molar refractivity (Wildman–Crippen MR) is 99.1 cm³/mol. The number of aromatic nitrogens is 2. The van der Waals surface area contributed by atoms with Crippen LogP contribution < -0.4 is 5.56 Å².